The monoisotopic (exact) mass is 332 g/mol. The number of esters is 1. The Morgan fingerprint density at radius 3 is 2.52 bits per heavy atom. The van der Waals surface area contributed by atoms with Gasteiger partial charge < -0.3 is 10.5 Å². The molecule has 0 amide bonds. The number of ether oxygens (including phenoxy) is 1. The van der Waals surface area contributed by atoms with Gasteiger partial charge in [-0.1, -0.05) is 11.6 Å². The average molecular weight is 333 g/mol. The maximum absolute atomic E-state index is 12.6. The first-order valence-electron chi connectivity index (χ1n) is 6.49. The number of methoxy groups -OCH3 is 1. The molecule has 0 spiro atoms. The van der Waals surface area contributed by atoms with Crippen LogP contribution in [0, 0.1) is 5.92 Å². The van der Waals surface area contributed by atoms with Gasteiger partial charge in [-0.2, -0.15) is 4.31 Å². The van der Waals surface area contributed by atoms with Crippen LogP contribution in [0.4, 0.5) is 5.69 Å². The van der Waals surface area contributed by atoms with Gasteiger partial charge in [0.05, 0.1) is 18.7 Å². The summed E-state index contributed by atoms with van der Waals surface area (Å²) in [6.45, 7) is 0.536. The highest BCUT2D eigenvalue weighted by Gasteiger charge is 2.33. The number of anilines is 1. The minimum Gasteiger partial charge on any atom is -0.469 e. The predicted molar refractivity (Wildman–Crippen MR) is 79.4 cm³/mol. The number of piperidine rings is 1. The fourth-order valence-electron chi connectivity index (χ4n) is 2.39. The molecular weight excluding hydrogens is 316 g/mol. The lowest BCUT2D eigenvalue weighted by Gasteiger charge is -2.30. The van der Waals surface area contributed by atoms with Crippen molar-refractivity contribution in [2.45, 2.75) is 17.7 Å². The zero-order valence-corrected chi connectivity index (χ0v) is 13.2. The SMILES string of the molecule is COC(=O)C1CCN(S(=O)(=O)c2ccc(Cl)cc2N)CC1. The first-order chi connectivity index (χ1) is 9.86. The van der Waals surface area contributed by atoms with Crippen molar-refractivity contribution in [1.29, 1.82) is 0 Å². The Labute approximate surface area is 128 Å². The highest BCUT2D eigenvalue weighted by atomic mass is 35.5. The lowest BCUT2D eigenvalue weighted by atomic mass is 9.99. The summed E-state index contributed by atoms with van der Waals surface area (Å²) in [4.78, 5) is 11.5. The van der Waals surface area contributed by atoms with Crippen molar-refractivity contribution < 1.29 is 17.9 Å². The number of rotatable bonds is 3. The lowest BCUT2D eigenvalue weighted by molar-refractivity contribution is -0.146. The maximum atomic E-state index is 12.6. The standard InChI is InChI=1S/C13H17ClN2O4S/c1-20-13(17)9-4-6-16(7-5-9)21(18,19)12-3-2-10(14)8-11(12)15/h2-3,8-9H,4-7,15H2,1H3. The molecule has 0 radical (unpaired) electrons. The zero-order chi connectivity index (χ0) is 15.6. The molecule has 1 saturated heterocycles. The van der Waals surface area contributed by atoms with Crippen LogP contribution in [0.3, 0.4) is 0 Å². The summed E-state index contributed by atoms with van der Waals surface area (Å²) in [5.74, 6) is -0.540. The van der Waals surface area contributed by atoms with Crippen LogP contribution >= 0.6 is 11.6 Å². The van der Waals surface area contributed by atoms with E-state index in [0.29, 0.717) is 17.9 Å². The van der Waals surface area contributed by atoms with Crippen molar-refractivity contribution >= 4 is 33.3 Å². The molecular formula is C13H17ClN2O4S. The van der Waals surface area contributed by atoms with E-state index in [0.717, 1.165) is 0 Å². The van der Waals surface area contributed by atoms with E-state index in [1.807, 2.05) is 0 Å². The van der Waals surface area contributed by atoms with Crippen LogP contribution in [0.25, 0.3) is 0 Å². The van der Waals surface area contributed by atoms with Crippen molar-refractivity contribution in [3.05, 3.63) is 23.2 Å². The van der Waals surface area contributed by atoms with Gasteiger partial charge >= 0.3 is 5.97 Å². The molecule has 0 unspecified atom stereocenters. The maximum Gasteiger partial charge on any atom is 0.308 e. The zero-order valence-electron chi connectivity index (χ0n) is 11.6. The third kappa shape index (κ3) is 3.30. The van der Waals surface area contributed by atoms with Gasteiger partial charge in [-0.3, -0.25) is 4.79 Å². The number of carbonyl (C=O) groups excluding carboxylic acids is 1. The Bertz CT molecular complexity index is 640. The normalized spacial score (nSPS) is 17.6. The molecule has 1 aromatic carbocycles. The highest BCUT2D eigenvalue weighted by molar-refractivity contribution is 7.89. The average Bonchev–Trinajstić information content (AvgIpc) is 2.46. The molecule has 1 aliphatic rings. The van der Waals surface area contributed by atoms with E-state index in [2.05, 4.69) is 4.74 Å². The van der Waals surface area contributed by atoms with Crippen LogP contribution in [0.1, 0.15) is 12.8 Å². The van der Waals surface area contributed by atoms with E-state index < -0.39 is 10.0 Å². The summed E-state index contributed by atoms with van der Waals surface area (Å²) in [5, 5.41) is 0.385. The fraction of sp³-hybridized carbons (Fsp3) is 0.462. The van der Waals surface area contributed by atoms with Gasteiger partial charge in [0.15, 0.2) is 0 Å². The summed E-state index contributed by atoms with van der Waals surface area (Å²) >= 11 is 5.78. The smallest absolute Gasteiger partial charge is 0.308 e. The van der Waals surface area contributed by atoms with Crippen LogP contribution in [0.5, 0.6) is 0 Å². The largest absolute Gasteiger partial charge is 0.469 e. The van der Waals surface area contributed by atoms with Crippen LogP contribution < -0.4 is 5.73 Å². The summed E-state index contributed by atoms with van der Waals surface area (Å²) in [6.07, 6.45) is 0.888. The number of nitrogens with two attached hydrogens (primary N) is 1. The van der Waals surface area contributed by atoms with Crippen LogP contribution in [0.15, 0.2) is 23.1 Å². The first-order valence-corrected chi connectivity index (χ1v) is 8.31. The van der Waals surface area contributed by atoms with Crippen molar-refractivity contribution in [3.8, 4) is 0 Å². The Morgan fingerprint density at radius 2 is 2.00 bits per heavy atom. The van der Waals surface area contributed by atoms with Gasteiger partial charge in [-0.25, -0.2) is 8.42 Å². The minimum atomic E-state index is -3.67. The predicted octanol–water partition coefficient (Wildman–Crippen LogP) is 1.50. The van der Waals surface area contributed by atoms with Crippen molar-refractivity contribution in [1.82, 2.24) is 4.31 Å². The van der Waals surface area contributed by atoms with E-state index in [1.54, 1.807) is 0 Å². The molecule has 0 bridgehead atoms. The molecule has 0 aliphatic carbocycles. The number of sulfonamides is 1. The number of benzene rings is 1. The molecule has 1 aliphatic heterocycles. The van der Waals surface area contributed by atoms with E-state index in [1.165, 1.54) is 29.6 Å². The van der Waals surface area contributed by atoms with E-state index >= 15 is 0 Å². The van der Waals surface area contributed by atoms with Crippen molar-refractivity contribution in [2.75, 3.05) is 25.9 Å². The van der Waals surface area contributed by atoms with Crippen molar-refractivity contribution in [3.63, 3.8) is 0 Å². The molecule has 2 rings (SSSR count). The molecule has 0 saturated carbocycles. The molecule has 21 heavy (non-hydrogen) atoms. The second-order valence-corrected chi connectivity index (χ2v) is 7.23. The highest BCUT2D eigenvalue weighted by Crippen LogP contribution is 2.28. The molecule has 1 heterocycles. The molecule has 116 valence electrons. The third-order valence-corrected chi connectivity index (χ3v) is 5.79. The Hall–Kier alpha value is -1.31. The Morgan fingerprint density at radius 1 is 1.38 bits per heavy atom. The molecule has 1 aromatic rings. The Balaban J connectivity index is 2.17. The van der Waals surface area contributed by atoms with Gasteiger partial charge in [-0.15, -0.1) is 0 Å². The number of hydrogen-bond acceptors (Lipinski definition) is 5. The topological polar surface area (TPSA) is 89.7 Å². The molecule has 8 heteroatoms. The third-order valence-electron chi connectivity index (χ3n) is 3.58. The second-order valence-electron chi connectivity index (χ2n) is 4.88. The van der Waals surface area contributed by atoms with Crippen LogP contribution in [0.2, 0.25) is 5.02 Å². The molecule has 6 nitrogen and oxygen atoms in total. The van der Waals surface area contributed by atoms with Crippen molar-refractivity contribution in [2.24, 2.45) is 5.92 Å². The molecule has 0 aromatic heterocycles. The number of nitrogens with zero attached hydrogens (tertiary/aromatic N) is 1. The number of halogens is 1. The van der Waals surface area contributed by atoms with Gasteiger partial charge in [0.2, 0.25) is 10.0 Å². The van der Waals surface area contributed by atoms with Crippen LogP contribution in [-0.4, -0.2) is 38.9 Å². The fourth-order valence-corrected chi connectivity index (χ4v) is 4.14. The van der Waals surface area contributed by atoms with Gasteiger partial charge in [-0.05, 0) is 31.0 Å². The lowest BCUT2D eigenvalue weighted by Crippen LogP contribution is -2.40. The summed E-state index contributed by atoms with van der Waals surface area (Å²) in [6, 6.07) is 4.31. The quantitative estimate of drug-likeness (QED) is 0.669. The number of hydrogen-bond donors (Lipinski definition) is 1. The van der Waals surface area contributed by atoms with Gasteiger partial charge in [0.25, 0.3) is 0 Å². The summed E-state index contributed by atoms with van der Waals surface area (Å²) < 4.78 is 31.1. The van der Waals surface area contributed by atoms with Crippen LogP contribution in [-0.2, 0) is 19.6 Å². The molecule has 0 atom stereocenters. The van der Waals surface area contributed by atoms with E-state index in [9.17, 15) is 13.2 Å². The van der Waals surface area contributed by atoms with Gasteiger partial charge in [0.1, 0.15) is 4.90 Å². The summed E-state index contributed by atoms with van der Waals surface area (Å²) in [7, 11) is -2.33. The number of carbonyl (C=O) groups is 1. The Kier molecular flexibility index (Phi) is 4.75. The second kappa shape index (κ2) is 6.21. The summed E-state index contributed by atoms with van der Waals surface area (Å²) in [5.41, 5.74) is 5.87. The van der Waals surface area contributed by atoms with E-state index in [4.69, 9.17) is 17.3 Å². The van der Waals surface area contributed by atoms with Gasteiger partial charge in [0, 0.05) is 18.1 Å². The molecule has 1 fully saturated rings. The molecule has 2 N–H and O–H groups in total. The van der Waals surface area contributed by atoms with E-state index in [-0.39, 0.29) is 35.6 Å². The number of nitrogen functional groups attached to an aromatic ring is 1. The minimum absolute atomic E-state index is 0.0448. The first kappa shape index (κ1) is 16.1.